The molecule has 2 heterocycles. The van der Waals surface area contributed by atoms with E-state index in [4.69, 9.17) is 0 Å². The average Bonchev–Trinajstić information content (AvgIpc) is 2.86. The first-order chi connectivity index (χ1) is 12.4. The molecule has 7 heteroatoms. The lowest BCUT2D eigenvalue weighted by Crippen LogP contribution is -2.44. The minimum absolute atomic E-state index is 0.119. The highest BCUT2D eigenvalue weighted by Crippen LogP contribution is 2.14. The summed E-state index contributed by atoms with van der Waals surface area (Å²) in [5, 5.41) is 11.1. The minimum Gasteiger partial charge on any atom is -0.357 e. The Kier molecular flexibility index (Phi) is 7.48. The number of aryl methyl sites for hydroxylation is 2. The zero-order valence-electron chi connectivity index (χ0n) is 16.9. The van der Waals surface area contributed by atoms with Crippen LogP contribution in [0.1, 0.15) is 50.1 Å². The van der Waals surface area contributed by atoms with E-state index >= 15 is 0 Å². The van der Waals surface area contributed by atoms with Crippen LogP contribution in [0.25, 0.3) is 0 Å². The van der Waals surface area contributed by atoms with Gasteiger partial charge in [0.25, 0.3) is 0 Å². The fraction of sp³-hybridized carbons (Fsp3) is 0.737. The maximum atomic E-state index is 12.3. The highest BCUT2D eigenvalue weighted by molar-refractivity contribution is 5.85. The van der Waals surface area contributed by atoms with Crippen LogP contribution in [0.4, 0.5) is 0 Å². The van der Waals surface area contributed by atoms with Crippen LogP contribution in [-0.2, 0) is 18.3 Å². The Balaban J connectivity index is 1.94. The van der Waals surface area contributed by atoms with E-state index in [1.807, 2.05) is 30.5 Å². The van der Waals surface area contributed by atoms with Gasteiger partial charge in [0.05, 0.1) is 5.69 Å². The number of likely N-dealkylation sites (tertiary alicyclic amines) is 1. The highest BCUT2D eigenvalue weighted by Gasteiger charge is 2.17. The summed E-state index contributed by atoms with van der Waals surface area (Å²) < 4.78 is 1.92. The molecule has 26 heavy (non-hydrogen) atoms. The van der Waals surface area contributed by atoms with Crippen molar-refractivity contribution in [1.82, 2.24) is 25.3 Å². The molecule has 0 aromatic carbocycles. The van der Waals surface area contributed by atoms with Crippen molar-refractivity contribution in [2.45, 2.75) is 59.4 Å². The summed E-state index contributed by atoms with van der Waals surface area (Å²) in [6.07, 6.45) is 4.31. The van der Waals surface area contributed by atoms with Crippen molar-refractivity contribution in [1.29, 1.82) is 0 Å². The summed E-state index contributed by atoms with van der Waals surface area (Å²) in [7, 11) is 1.97. The third-order valence-corrected chi connectivity index (χ3v) is 4.98. The van der Waals surface area contributed by atoms with Gasteiger partial charge in [-0.1, -0.05) is 0 Å². The quantitative estimate of drug-likeness (QED) is 0.595. The number of rotatable bonds is 6. The van der Waals surface area contributed by atoms with Crippen molar-refractivity contribution >= 4 is 11.9 Å². The molecule has 0 bridgehead atoms. The van der Waals surface area contributed by atoms with Gasteiger partial charge in [0.1, 0.15) is 6.54 Å². The van der Waals surface area contributed by atoms with Gasteiger partial charge in [0, 0.05) is 38.4 Å². The van der Waals surface area contributed by atoms with Crippen LogP contribution in [0.15, 0.2) is 4.99 Å². The smallest absolute Gasteiger partial charge is 0.244 e. The molecule has 1 unspecified atom stereocenters. The molecule has 146 valence electrons. The molecule has 2 rings (SSSR count). The zero-order valence-corrected chi connectivity index (χ0v) is 16.9. The van der Waals surface area contributed by atoms with Crippen molar-refractivity contribution in [3.8, 4) is 0 Å². The molecule has 1 aromatic heterocycles. The van der Waals surface area contributed by atoms with Crippen molar-refractivity contribution in [3.63, 3.8) is 0 Å². The molecule has 0 radical (unpaired) electrons. The van der Waals surface area contributed by atoms with Crippen LogP contribution in [0, 0.1) is 13.8 Å². The van der Waals surface area contributed by atoms with E-state index in [9.17, 15) is 4.79 Å². The third kappa shape index (κ3) is 5.47. The fourth-order valence-corrected chi connectivity index (χ4v) is 3.41. The van der Waals surface area contributed by atoms with E-state index in [-0.39, 0.29) is 18.5 Å². The number of amides is 1. The topological polar surface area (TPSA) is 74.6 Å². The second-order valence-electron chi connectivity index (χ2n) is 7.16. The van der Waals surface area contributed by atoms with Crippen LogP contribution in [0.2, 0.25) is 0 Å². The zero-order chi connectivity index (χ0) is 19.1. The number of guanidine groups is 1. The highest BCUT2D eigenvalue weighted by atomic mass is 16.2. The summed E-state index contributed by atoms with van der Waals surface area (Å²) in [5.41, 5.74) is 3.53. The average molecular weight is 363 g/mol. The number of carbonyl (C=O) groups excluding carboxylic acids is 1. The number of carbonyl (C=O) groups is 1. The van der Waals surface area contributed by atoms with E-state index in [1.54, 1.807) is 0 Å². The SMILES string of the molecule is CCNC(=NCC(=O)N1CCCCC1)NC(C)Cc1c(C)nn(C)c1C. The molecule has 1 saturated heterocycles. The summed E-state index contributed by atoms with van der Waals surface area (Å²) in [4.78, 5) is 18.8. The lowest BCUT2D eigenvalue weighted by Gasteiger charge is -2.26. The van der Waals surface area contributed by atoms with Crippen LogP contribution in [0.5, 0.6) is 0 Å². The van der Waals surface area contributed by atoms with E-state index in [2.05, 4.69) is 34.6 Å². The summed E-state index contributed by atoms with van der Waals surface area (Å²) in [6, 6.07) is 0.194. The Hall–Kier alpha value is -2.05. The van der Waals surface area contributed by atoms with E-state index in [0.717, 1.165) is 44.6 Å². The second kappa shape index (κ2) is 9.59. The number of nitrogens with zero attached hydrogens (tertiary/aromatic N) is 4. The Labute approximate surface area is 157 Å². The molecule has 1 aliphatic rings. The molecule has 1 atom stereocenters. The molecular weight excluding hydrogens is 328 g/mol. The number of hydrogen-bond donors (Lipinski definition) is 2. The first-order valence-corrected chi connectivity index (χ1v) is 9.74. The van der Waals surface area contributed by atoms with Gasteiger partial charge in [-0.15, -0.1) is 0 Å². The largest absolute Gasteiger partial charge is 0.357 e. The molecule has 1 amide bonds. The Morgan fingerprint density at radius 1 is 1.27 bits per heavy atom. The maximum absolute atomic E-state index is 12.3. The molecule has 7 nitrogen and oxygen atoms in total. The third-order valence-electron chi connectivity index (χ3n) is 4.98. The van der Waals surface area contributed by atoms with Crippen LogP contribution in [-0.4, -0.2) is 58.8 Å². The molecule has 2 N–H and O–H groups in total. The van der Waals surface area contributed by atoms with Gasteiger partial charge in [-0.05, 0) is 58.9 Å². The van der Waals surface area contributed by atoms with Gasteiger partial charge >= 0.3 is 0 Å². The number of aromatic nitrogens is 2. The Morgan fingerprint density at radius 2 is 1.96 bits per heavy atom. The molecule has 0 aliphatic carbocycles. The molecule has 1 aliphatic heterocycles. The Bertz CT molecular complexity index is 630. The Morgan fingerprint density at radius 3 is 2.54 bits per heavy atom. The van der Waals surface area contributed by atoms with E-state index < -0.39 is 0 Å². The van der Waals surface area contributed by atoms with Gasteiger partial charge in [-0.25, -0.2) is 4.99 Å². The van der Waals surface area contributed by atoms with Crippen molar-refractivity contribution in [2.24, 2.45) is 12.0 Å². The van der Waals surface area contributed by atoms with Gasteiger partial charge in [0.2, 0.25) is 5.91 Å². The van der Waals surface area contributed by atoms with Crippen molar-refractivity contribution in [3.05, 3.63) is 17.0 Å². The van der Waals surface area contributed by atoms with Crippen molar-refractivity contribution in [2.75, 3.05) is 26.2 Å². The van der Waals surface area contributed by atoms with Crippen molar-refractivity contribution < 1.29 is 4.79 Å². The monoisotopic (exact) mass is 362 g/mol. The van der Waals surface area contributed by atoms with Gasteiger partial charge < -0.3 is 15.5 Å². The van der Waals surface area contributed by atoms with Gasteiger partial charge in [-0.3, -0.25) is 9.48 Å². The summed E-state index contributed by atoms with van der Waals surface area (Å²) >= 11 is 0. The maximum Gasteiger partial charge on any atom is 0.244 e. The standard InChI is InChI=1S/C19H34N6O/c1-6-20-19(21-13-18(26)25-10-8-7-9-11-25)22-14(2)12-17-15(3)23-24(5)16(17)4/h14H,6-13H2,1-5H3,(H2,20,21,22). The normalized spacial score (nSPS) is 16.5. The molecule has 0 spiro atoms. The summed E-state index contributed by atoms with van der Waals surface area (Å²) in [5.74, 6) is 0.818. The predicted octanol–water partition coefficient (Wildman–Crippen LogP) is 1.54. The number of piperidine rings is 1. The number of aliphatic imine (C=N–C) groups is 1. The first kappa shape index (κ1) is 20.3. The van der Waals surface area contributed by atoms with Gasteiger partial charge in [0.15, 0.2) is 5.96 Å². The predicted molar refractivity (Wildman–Crippen MR) is 105 cm³/mol. The molecular formula is C19H34N6O. The molecule has 0 saturated carbocycles. The lowest BCUT2D eigenvalue weighted by atomic mass is 10.1. The number of hydrogen-bond acceptors (Lipinski definition) is 3. The minimum atomic E-state index is 0.119. The van der Waals surface area contributed by atoms with Crippen LogP contribution >= 0.6 is 0 Å². The first-order valence-electron chi connectivity index (χ1n) is 9.74. The van der Waals surface area contributed by atoms with E-state index in [0.29, 0.717) is 5.96 Å². The van der Waals surface area contributed by atoms with Crippen LogP contribution < -0.4 is 10.6 Å². The number of nitrogens with one attached hydrogen (secondary N) is 2. The fourth-order valence-electron chi connectivity index (χ4n) is 3.41. The van der Waals surface area contributed by atoms with Crippen LogP contribution in [0.3, 0.4) is 0 Å². The molecule has 1 aromatic rings. The van der Waals surface area contributed by atoms with Gasteiger partial charge in [-0.2, -0.15) is 5.10 Å². The lowest BCUT2D eigenvalue weighted by molar-refractivity contribution is -0.130. The summed E-state index contributed by atoms with van der Waals surface area (Å²) in [6.45, 7) is 11.0. The molecule has 1 fully saturated rings. The second-order valence-corrected chi connectivity index (χ2v) is 7.16. The van der Waals surface area contributed by atoms with E-state index in [1.165, 1.54) is 17.7 Å².